The van der Waals surface area contributed by atoms with Crippen LogP contribution in [0.15, 0.2) is 37.0 Å². The van der Waals surface area contributed by atoms with Gasteiger partial charge in [0.15, 0.2) is 0 Å². The van der Waals surface area contributed by atoms with Crippen molar-refractivity contribution in [2.24, 2.45) is 5.41 Å². The Labute approximate surface area is 72.9 Å². The van der Waals surface area contributed by atoms with Crippen LogP contribution in [0, 0.1) is 5.41 Å². The van der Waals surface area contributed by atoms with Crippen LogP contribution >= 0.6 is 0 Å². The molecule has 2 heteroatoms. The standard InChI is InChI=1S/C10H14O2/c1-5-7-8(6-2)10(3,4)9(11)12/h5-7H,1-2H2,3-4H3,(H,11,12)/b8-7+. The van der Waals surface area contributed by atoms with E-state index in [1.54, 1.807) is 26.0 Å². The molecule has 0 aliphatic heterocycles. The summed E-state index contributed by atoms with van der Waals surface area (Å²) in [6, 6.07) is 0. The summed E-state index contributed by atoms with van der Waals surface area (Å²) in [7, 11) is 0. The van der Waals surface area contributed by atoms with Gasteiger partial charge < -0.3 is 5.11 Å². The van der Waals surface area contributed by atoms with Crippen LogP contribution in [0.4, 0.5) is 0 Å². The van der Waals surface area contributed by atoms with E-state index in [0.29, 0.717) is 5.57 Å². The molecule has 66 valence electrons. The number of aliphatic carboxylic acids is 1. The summed E-state index contributed by atoms with van der Waals surface area (Å²) in [5, 5.41) is 8.85. The van der Waals surface area contributed by atoms with Crippen LogP contribution in [-0.2, 0) is 4.79 Å². The monoisotopic (exact) mass is 166 g/mol. The van der Waals surface area contributed by atoms with E-state index >= 15 is 0 Å². The number of allylic oxidation sites excluding steroid dienone is 3. The van der Waals surface area contributed by atoms with Crippen LogP contribution in [0.25, 0.3) is 0 Å². The van der Waals surface area contributed by atoms with Gasteiger partial charge in [0.25, 0.3) is 0 Å². The van der Waals surface area contributed by atoms with Crippen LogP contribution < -0.4 is 0 Å². The molecule has 12 heavy (non-hydrogen) atoms. The average Bonchev–Trinajstić information content (AvgIpc) is 1.99. The van der Waals surface area contributed by atoms with E-state index in [4.69, 9.17) is 5.11 Å². The van der Waals surface area contributed by atoms with Gasteiger partial charge in [-0.3, -0.25) is 4.79 Å². The summed E-state index contributed by atoms with van der Waals surface area (Å²) in [5.74, 6) is -0.865. The molecular weight excluding hydrogens is 152 g/mol. The van der Waals surface area contributed by atoms with Gasteiger partial charge in [0, 0.05) is 0 Å². The molecule has 0 fully saturated rings. The highest BCUT2D eigenvalue weighted by Gasteiger charge is 2.29. The van der Waals surface area contributed by atoms with E-state index in [2.05, 4.69) is 13.2 Å². The quantitative estimate of drug-likeness (QED) is 0.651. The van der Waals surface area contributed by atoms with Gasteiger partial charge in [-0.1, -0.05) is 31.4 Å². The summed E-state index contributed by atoms with van der Waals surface area (Å²) in [6.45, 7) is 10.3. The number of carbonyl (C=O) groups is 1. The van der Waals surface area contributed by atoms with Gasteiger partial charge in [0.1, 0.15) is 0 Å². The molecule has 0 amide bonds. The number of rotatable bonds is 4. The Morgan fingerprint density at radius 3 is 2.17 bits per heavy atom. The smallest absolute Gasteiger partial charge is 0.313 e. The Hall–Kier alpha value is -1.31. The minimum Gasteiger partial charge on any atom is -0.481 e. The zero-order chi connectivity index (χ0) is 9.78. The fraction of sp³-hybridized carbons (Fsp3) is 0.300. The largest absolute Gasteiger partial charge is 0.481 e. The third-order valence-electron chi connectivity index (χ3n) is 1.77. The lowest BCUT2D eigenvalue weighted by atomic mass is 9.84. The second-order valence-electron chi connectivity index (χ2n) is 2.99. The average molecular weight is 166 g/mol. The highest BCUT2D eigenvalue weighted by molar-refractivity contribution is 5.78. The molecule has 0 spiro atoms. The van der Waals surface area contributed by atoms with Gasteiger partial charge in [0.05, 0.1) is 5.41 Å². The van der Waals surface area contributed by atoms with Crippen molar-refractivity contribution >= 4 is 5.97 Å². The Morgan fingerprint density at radius 2 is 1.92 bits per heavy atom. The lowest BCUT2D eigenvalue weighted by molar-refractivity contribution is -0.144. The fourth-order valence-corrected chi connectivity index (χ4v) is 0.782. The van der Waals surface area contributed by atoms with Crippen LogP contribution in [0.1, 0.15) is 13.8 Å². The Kier molecular flexibility index (Phi) is 3.48. The molecular formula is C10H14O2. The normalized spacial score (nSPS) is 12.3. The van der Waals surface area contributed by atoms with Crippen LogP contribution in [-0.4, -0.2) is 11.1 Å². The zero-order valence-electron chi connectivity index (χ0n) is 7.50. The lowest BCUT2D eigenvalue weighted by Crippen LogP contribution is -2.25. The molecule has 0 saturated carbocycles. The predicted molar refractivity (Wildman–Crippen MR) is 49.9 cm³/mol. The highest BCUT2D eigenvalue weighted by Crippen LogP contribution is 2.27. The molecule has 0 aliphatic rings. The van der Waals surface area contributed by atoms with Crippen molar-refractivity contribution in [3.05, 3.63) is 37.0 Å². The zero-order valence-corrected chi connectivity index (χ0v) is 7.50. The second-order valence-corrected chi connectivity index (χ2v) is 2.99. The first-order valence-electron chi connectivity index (χ1n) is 3.65. The number of hydrogen-bond donors (Lipinski definition) is 1. The maximum absolute atomic E-state index is 10.8. The minimum atomic E-state index is -0.893. The third kappa shape index (κ3) is 2.09. The molecule has 0 radical (unpaired) electrons. The van der Waals surface area contributed by atoms with Crippen molar-refractivity contribution in [2.75, 3.05) is 0 Å². The van der Waals surface area contributed by atoms with Crippen LogP contribution in [0.3, 0.4) is 0 Å². The Bertz CT molecular complexity index is 234. The van der Waals surface area contributed by atoms with E-state index < -0.39 is 11.4 Å². The number of hydrogen-bond acceptors (Lipinski definition) is 1. The summed E-state index contributed by atoms with van der Waals surface area (Å²) < 4.78 is 0. The molecule has 0 bridgehead atoms. The van der Waals surface area contributed by atoms with E-state index in [0.717, 1.165) is 0 Å². The first kappa shape index (κ1) is 10.7. The van der Waals surface area contributed by atoms with Crippen LogP contribution in [0.5, 0.6) is 0 Å². The summed E-state index contributed by atoms with van der Waals surface area (Å²) >= 11 is 0. The van der Waals surface area contributed by atoms with Crippen molar-refractivity contribution in [2.45, 2.75) is 13.8 Å². The van der Waals surface area contributed by atoms with Crippen LogP contribution in [0.2, 0.25) is 0 Å². The minimum absolute atomic E-state index is 0.657. The molecule has 0 heterocycles. The SMILES string of the molecule is C=C/C=C(\C=C)C(C)(C)C(=O)O. The molecule has 2 nitrogen and oxygen atoms in total. The van der Waals surface area contributed by atoms with Gasteiger partial charge in [0.2, 0.25) is 0 Å². The summed E-state index contributed by atoms with van der Waals surface area (Å²) in [6.07, 6.45) is 4.75. The van der Waals surface area contributed by atoms with Crippen molar-refractivity contribution < 1.29 is 9.90 Å². The summed E-state index contributed by atoms with van der Waals surface area (Å²) in [4.78, 5) is 10.8. The van der Waals surface area contributed by atoms with Gasteiger partial charge in [-0.05, 0) is 19.4 Å². The third-order valence-corrected chi connectivity index (χ3v) is 1.77. The maximum atomic E-state index is 10.8. The molecule has 0 rings (SSSR count). The Morgan fingerprint density at radius 1 is 1.42 bits per heavy atom. The number of carboxylic acids is 1. The molecule has 0 aromatic carbocycles. The van der Waals surface area contributed by atoms with E-state index in [-0.39, 0.29) is 0 Å². The van der Waals surface area contributed by atoms with E-state index in [9.17, 15) is 4.79 Å². The first-order chi connectivity index (χ1) is 5.46. The second kappa shape index (κ2) is 3.90. The predicted octanol–water partition coefficient (Wildman–Crippen LogP) is 2.40. The topological polar surface area (TPSA) is 37.3 Å². The molecule has 0 atom stereocenters. The molecule has 0 saturated heterocycles. The van der Waals surface area contributed by atoms with Gasteiger partial charge >= 0.3 is 5.97 Å². The Balaban J connectivity index is 4.96. The first-order valence-corrected chi connectivity index (χ1v) is 3.65. The highest BCUT2D eigenvalue weighted by atomic mass is 16.4. The molecule has 1 N–H and O–H groups in total. The summed E-state index contributed by atoms with van der Waals surface area (Å²) in [5.41, 5.74) is -0.236. The van der Waals surface area contributed by atoms with Crippen molar-refractivity contribution in [1.29, 1.82) is 0 Å². The fourth-order valence-electron chi connectivity index (χ4n) is 0.782. The lowest BCUT2D eigenvalue weighted by Gasteiger charge is -2.19. The molecule has 0 unspecified atom stereocenters. The van der Waals surface area contributed by atoms with E-state index in [1.807, 2.05) is 0 Å². The van der Waals surface area contributed by atoms with Crippen molar-refractivity contribution in [3.8, 4) is 0 Å². The van der Waals surface area contributed by atoms with Gasteiger partial charge in [-0.25, -0.2) is 0 Å². The van der Waals surface area contributed by atoms with Crippen molar-refractivity contribution in [3.63, 3.8) is 0 Å². The molecule has 0 aromatic rings. The van der Waals surface area contributed by atoms with E-state index in [1.165, 1.54) is 6.08 Å². The number of carboxylic acid groups (broad SMARTS) is 1. The van der Waals surface area contributed by atoms with Gasteiger partial charge in [-0.15, -0.1) is 0 Å². The van der Waals surface area contributed by atoms with Crippen molar-refractivity contribution in [1.82, 2.24) is 0 Å². The molecule has 0 aliphatic carbocycles. The molecule has 0 aromatic heterocycles. The maximum Gasteiger partial charge on any atom is 0.313 e. The van der Waals surface area contributed by atoms with Gasteiger partial charge in [-0.2, -0.15) is 0 Å².